The van der Waals surface area contributed by atoms with Crippen LogP contribution >= 0.6 is 0 Å². The smallest absolute Gasteiger partial charge is 0.224 e. The molecule has 1 aliphatic heterocycles. The van der Waals surface area contributed by atoms with Crippen LogP contribution in [0.15, 0.2) is 60.9 Å². The number of aromatic nitrogens is 5. The third kappa shape index (κ3) is 3.64. The van der Waals surface area contributed by atoms with Crippen LogP contribution in [-0.2, 0) is 11.3 Å². The first-order chi connectivity index (χ1) is 19.8. The fourth-order valence-corrected chi connectivity index (χ4v) is 5.85. The highest BCUT2D eigenvalue weighted by Crippen LogP contribution is 2.37. The Morgan fingerprint density at radius 1 is 0.927 bits per heavy atom. The van der Waals surface area contributed by atoms with Crippen LogP contribution in [0, 0.1) is 5.21 Å². The molecule has 4 heterocycles. The Hall–Kier alpha value is -4.53. The molecule has 1 aliphatic carbocycles. The number of hydrogen-bond donors (Lipinski definition) is 4. The molecule has 0 bridgehead atoms. The number of benzene rings is 2. The molecule has 2 aromatic carbocycles. The lowest BCUT2D eigenvalue weighted by Crippen LogP contribution is -2.56. The van der Waals surface area contributed by atoms with Gasteiger partial charge in [-0.05, 0) is 12.1 Å². The molecule has 208 valence electrons. The number of ketones is 2. The molecule has 5 aromatic rings. The second-order valence-corrected chi connectivity index (χ2v) is 10.2. The lowest BCUT2D eigenvalue weighted by atomic mass is 9.85. The van der Waals surface area contributed by atoms with Crippen LogP contribution < -0.4 is 4.73 Å². The molecule has 0 unspecified atom stereocenters. The fourth-order valence-electron chi connectivity index (χ4n) is 5.85. The first kappa shape index (κ1) is 25.4. The first-order valence-electron chi connectivity index (χ1n) is 12.9. The van der Waals surface area contributed by atoms with Gasteiger partial charge >= 0.3 is 0 Å². The van der Waals surface area contributed by atoms with E-state index in [9.17, 15) is 35.2 Å². The summed E-state index contributed by atoms with van der Waals surface area (Å²) in [5.41, 5.74) is 1.73. The van der Waals surface area contributed by atoms with Gasteiger partial charge in [0.15, 0.2) is 12.4 Å². The van der Waals surface area contributed by atoms with E-state index in [1.165, 1.54) is 10.9 Å². The summed E-state index contributed by atoms with van der Waals surface area (Å²) in [7, 11) is 0. The summed E-state index contributed by atoms with van der Waals surface area (Å²) in [6, 6.07) is 13.6. The number of hydrogen-bond acceptors (Lipinski definition) is 10. The fraction of sp³-hybridized carbons (Fsp3) is 0.250. The lowest BCUT2D eigenvalue weighted by molar-refractivity contribution is -0.577. The topological polar surface area (TPSA) is 187 Å². The highest BCUT2D eigenvalue weighted by molar-refractivity contribution is 6.34. The minimum atomic E-state index is -1.59. The Morgan fingerprint density at radius 3 is 2.44 bits per heavy atom. The van der Waals surface area contributed by atoms with Crippen molar-refractivity contribution in [1.82, 2.24) is 19.6 Å². The molecule has 5 atom stereocenters. The molecule has 13 nitrogen and oxygen atoms in total. The Bertz CT molecular complexity index is 1880. The van der Waals surface area contributed by atoms with E-state index >= 15 is 0 Å². The van der Waals surface area contributed by atoms with Crippen molar-refractivity contribution in [3.63, 3.8) is 0 Å². The van der Waals surface area contributed by atoms with Crippen molar-refractivity contribution in [2.75, 3.05) is 6.61 Å². The molecule has 7 rings (SSSR count). The third-order valence-electron chi connectivity index (χ3n) is 7.82. The van der Waals surface area contributed by atoms with Crippen LogP contribution in [0.1, 0.15) is 43.9 Å². The second-order valence-electron chi connectivity index (χ2n) is 10.2. The average molecular weight is 558 g/mol. The van der Waals surface area contributed by atoms with E-state index in [-0.39, 0.29) is 34.4 Å². The average Bonchev–Trinajstić information content (AvgIpc) is 3.58. The summed E-state index contributed by atoms with van der Waals surface area (Å²) in [4.78, 5) is 28.0. The molecular formula is C28H23N5O8. The van der Waals surface area contributed by atoms with E-state index in [4.69, 9.17) is 4.74 Å². The number of ether oxygens (including phenoxy) is 1. The normalized spacial score (nSPS) is 24.1. The van der Waals surface area contributed by atoms with Crippen LogP contribution in [0.5, 0.6) is 0 Å². The maximum atomic E-state index is 14.1. The molecule has 2 aliphatic rings. The number of aliphatic hydroxyl groups excluding tert-OH is 4. The number of nitrogens with zero attached hydrogens (tertiary/aromatic N) is 5. The molecule has 0 spiro atoms. The summed E-state index contributed by atoms with van der Waals surface area (Å²) in [6.07, 6.45) is -4.45. The van der Waals surface area contributed by atoms with E-state index in [0.29, 0.717) is 26.7 Å². The van der Waals surface area contributed by atoms with Crippen LogP contribution in [0.4, 0.5) is 0 Å². The molecule has 1 fully saturated rings. The first-order valence-corrected chi connectivity index (χ1v) is 12.9. The predicted molar refractivity (Wildman–Crippen MR) is 140 cm³/mol. The Morgan fingerprint density at radius 2 is 1.66 bits per heavy atom. The molecule has 13 heteroatoms. The molecule has 1 saturated heterocycles. The lowest BCUT2D eigenvalue weighted by Gasteiger charge is -2.39. The van der Waals surface area contributed by atoms with Crippen molar-refractivity contribution in [3.05, 3.63) is 94.2 Å². The quantitative estimate of drug-likeness (QED) is 0.167. The standard InChI is InChI=1S/C28H23N5O8/c34-12-19-24(36)26(38)27(39)28(41-19)32-10-13(29-30-32)9-31-17-7-3-1-5-14(17)21-22(31)25(37)20-15-6-2-4-8-18(15)33(40)11-16(20)23(21)35/h1-8,10-11,19,24,26-28,34,36,38-39H,9,12H2/t19-,24-,26+,27-,28-/m1/s1. The van der Waals surface area contributed by atoms with E-state index in [1.807, 2.05) is 0 Å². The van der Waals surface area contributed by atoms with Crippen LogP contribution in [0.3, 0.4) is 0 Å². The highest BCUT2D eigenvalue weighted by Gasteiger charge is 2.45. The molecule has 0 saturated carbocycles. The highest BCUT2D eigenvalue weighted by atomic mass is 16.6. The number of rotatable bonds is 4. The van der Waals surface area contributed by atoms with Gasteiger partial charge < -0.3 is 34.9 Å². The monoisotopic (exact) mass is 557 g/mol. The van der Waals surface area contributed by atoms with E-state index < -0.39 is 48.8 Å². The zero-order chi connectivity index (χ0) is 28.6. The van der Waals surface area contributed by atoms with Crippen molar-refractivity contribution < 1.29 is 39.5 Å². The van der Waals surface area contributed by atoms with Crippen LogP contribution in [0.25, 0.3) is 21.8 Å². The van der Waals surface area contributed by atoms with Crippen molar-refractivity contribution in [2.24, 2.45) is 0 Å². The van der Waals surface area contributed by atoms with Gasteiger partial charge in [-0.2, -0.15) is 4.73 Å². The largest absolute Gasteiger partial charge is 0.618 e. The van der Waals surface area contributed by atoms with Crippen molar-refractivity contribution in [3.8, 4) is 0 Å². The van der Waals surface area contributed by atoms with Crippen molar-refractivity contribution >= 4 is 33.4 Å². The van der Waals surface area contributed by atoms with Gasteiger partial charge in [-0.15, -0.1) is 5.10 Å². The van der Waals surface area contributed by atoms with Crippen molar-refractivity contribution in [1.29, 1.82) is 0 Å². The second kappa shape index (κ2) is 9.26. The zero-order valence-electron chi connectivity index (χ0n) is 21.2. The number of carbonyl (C=O) groups is 2. The van der Waals surface area contributed by atoms with Gasteiger partial charge in [0.1, 0.15) is 35.8 Å². The van der Waals surface area contributed by atoms with Gasteiger partial charge in [0, 0.05) is 17.0 Å². The molecule has 4 N–H and O–H groups in total. The maximum Gasteiger partial charge on any atom is 0.224 e. The Kier molecular flexibility index (Phi) is 5.74. The Balaban J connectivity index is 1.34. The van der Waals surface area contributed by atoms with Gasteiger partial charge in [0.05, 0.1) is 41.4 Å². The van der Waals surface area contributed by atoms with Crippen LogP contribution in [0.2, 0.25) is 0 Å². The summed E-state index contributed by atoms with van der Waals surface area (Å²) < 4.78 is 9.00. The molecule has 3 aromatic heterocycles. The van der Waals surface area contributed by atoms with E-state index in [2.05, 4.69) is 10.3 Å². The number of pyridine rings is 1. The van der Waals surface area contributed by atoms with Gasteiger partial charge in [-0.1, -0.05) is 35.5 Å². The van der Waals surface area contributed by atoms with Crippen molar-refractivity contribution in [2.45, 2.75) is 37.2 Å². The maximum absolute atomic E-state index is 14.1. The molecule has 0 amide bonds. The molecule has 0 radical (unpaired) electrons. The predicted octanol–water partition coefficient (Wildman–Crippen LogP) is -0.185. The minimum Gasteiger partial charge on any atom is -0.618 e. The SMILES string of the molecule is O=C1c2c[n+]([O-])c3ccccc3c2C(=O)c2c1c1ccccc1n2Cc1cn([C@@H]2O[C@H](CO)[C@@H](O)[C@H](O)[C@H]2O)nn1. The minimum absolute atomic E-state index is 0.00788. The van der Waals surface area contributed by atoms with E-state index in [1.54, 1.807) is 53.1 Å². The van der Waals surface area contributed by atoms with Gasteiger partial charge in [0.25, 0.3) is 0 Å². The summed E-state index contributed by atoms with van der Waals surface area (Å²) in [6.45, 7) is -0.586. The number of aliphatic hydroxyl groups is 4. The van der Waals surface area contributed by atoms with Gasteiger partial charge in [-0.3, -0.25) is 9.59 Å². The molecular weight excluding hydrogens is 534 g/mol. The number of fused-ring (bicyclic) bond motifs is 6. The summed E-state index contributed by atoms with van der Waals surface area (Å²) in [5, 5.41) is 62.1. The summed E-state index contributed by atoms with van der Waals surface area (Å²) >= 11 is 0. The summed E-state index contributed by atoms with van der Waals surface area (Å²) in [5.74, 6) is -0.853. The number of carbonyl (C=O) groups excluding carboxylic acids is 2. The molecule has 41 heavy (non-hydrogen) atoms. The third-order valence-corrected chi connectivity index (χ3v) is 7.82. The van der Waals surface area contributed by atoms with E-state index in [0.717, 1.165) is 6.20 Å². The van der Waals surface area contributed by atoms with Crippen LogP contribution in [-0.4, -0.2) is 82.6 Å². The Labute approximate surface area is 230 Å². The number of para-hydroxylation sites is 2. The zero-order valence-corrected chi connectivity index (χ0v) is 21.2. The van der Waals surface area contributed by atoms with Gasteiger partial charge in [-0.25, -0.2) is 4.68 Å². The van der Waals surface area contributed by atoms with Gasteiger partial charge in [0.2, 0.25) is 17.1 Å².